The van der Waals surface area contributed by atoms with Crippen molar-refractivity contribution in [2.24, 2.45) is 5.92 Å². The van der Waals surface area contributed by atoms with Crippen molar-refractivity contribution in [3.8, 4) is 0 Å². The smallest absolute Gasteiger partial charge is 0.223 e. The lowest BCUT2D eigenvalue weighted by atomic mass is 9.95. The third kappa shape index (κ3) is 3.14. The number of nitrogens with zero attached hydrogens (tertiary/aromatic N) is 3. The number of nitrogens with one attached hydrogen (secondary N) is 1. The summed E-state index contributed by atoms with van der Waals surface area (Å²) in [6.07, 6.45) is 5.27. The molecule has 1 saturated heterocycles. The van der Waals surface area contributed by atoms with Crippen molar-refractivity contribution in [3.05, 3.63) is 66.0 Å². The number of carbonyl (C=O) groups excluding carboxylic acids is 1. The minimum atomic E-state index is 0.0389. The van der Waals surface area contributed by atoms with Crippen LogP contribution in [0, 0.1) is 5.92 Å². The molecule has 1 amide bonds. The molecule has 4 aromatic rings. The van der Waals surface area contributed by atoms with E-state index in [0.717, 1.165) is 66.7 Å². The number of para-hydroxylation sites is 1. The molecule has 0 saturated carbocycles. The molecule has 1 aliphatic carbocycles. The van der Waals surface area contributed by atoms with Crippen molar-refractivity contribution >= 4 is 33.8 Å². The summed E-state index contributed by atoms with van der Waals surface area (Å²) in [7, 11) is 0. The van der Waals surface area contributed by atoms with E-state index in [4.69, 9.17) is 4.42 Å². The van der Waals surface area contributed by atoms with Gasteiger partial charge in [-0.15, -0.1) is 0 Å². The van der Waals surface area contributed by atoms with E-state index < -0.39 is 0 Å². The monoisotopic (exact) mass is 412 g/mol. The number of aromatic nitrogens is 2. The summed E-state index contributed by atoms with van der Waals surface area (Å²) in [4.78, 5) is 24.2. The number of benzene rings is 2. The molecule has 0 unspecified atom stereocenters. The fraction of sp³-hybridized carbons (Fsp3) is 0.320. The number of amides is 1. The van der Waals surface area contributed by atoms with Crippen LogP contribution in [0.3, 0.4) is 0 Å². The highest BCUT2D eigenvalue weighted by molar-refractivity contribution is 6.05. The van der Waals surface area contributed by atoms with Crippen molar-refractivity contribution in [2.45, 2.75) is 31.7 Å². The van der Waals surface area contributed by atoms with E-state index in [9.17, 15) is 4.79 Å². The van der Waals surface area contributed by atoms with Gasteiger partial charge in [0.1, 0.15) is 17.4 Å². The molecule has 0 radical (unpaired) electrons. The Morgan fingerprint density at radius 3 is 2.71 bits per heavy atom. The van der Waals surface area contributed by atoms with E-state index in [2.05, 4.69) is 44.5 Å². The number of furan rings is 1. The molecule has 0 spiro atoms. The Hall–Kier alpha value is -3.41. The van der Waals surface area contributed by atoms with Crippen LogP contribution < -0.4 is 10.2 Å². The average molecular weight is 412 g/mol. The zero-order valence-electron chi connectivity index (χ0n) is 17.3. The van der Waals surface area contributed by atoms with Gasteiger partial charge in [-0.05, 0) is 48.9 Å². The van der Waals surface area contributed by atoms with E-state index in [1.54, 1.807) is 6.33 Å². The van der Waals surface area contributed by atoms with Gasteiger partial charge in [0.2, 0.25) is 5.91 Å². The van der Waals surface area contributed by atoms with Crippen LogP contribution in [0.15, 0.2) is 59.3 Å². The van der Waals surface area contributed by atoms with Gasteiger partial charge in [-0.1, -0.05) is 36.4 Å². The Bertz CT molecular complexity index is 1270. The third-order valence-corrected chi connectivity index (χ3v) is 6.75. The fourth-order valence-corrected chi connectivity index (χ4v) is 5.09. The zero-order valence-corrected chi connectivity index (χ0v) is 17.3. The summed E-state index contributed by atoms with van der Waals surface area (Å²) in [6.45, 7) is 1.56. The number of carbonyl (C=O) groups is 1. The van der Waals surface area contributed by atoms with Crippen LogP contribution in [0.4, 0.5) is 5.82 Å². The summed E-state index contributed by atoms with van der Waals surface area (Å²) in [5.41, 5.74) is 5.04. The number of hydrogen-bond acceptors (Lipinski definition) is 5. The first-order chi connectivity index (χ1) is 15.3. The predicted octanol–water partition coefficient (Wildman–Crippen LogP) is 4.40. The second kappa shape index (κ2) is 7.38. The van der Waals surface area contributed by atoms with Gasteiger partial charge < -0.3 is 14.6 Å². The molecule has 156 valence electrons. The number of rotatable bonds is 3. The van der Waals surface area contributed by atoms with E-state index in [-0.39, 0.29) is 17.9 Å². The molecule has 2 aromatic carbocycles. The van der Waals surface area contributed by atoms with E-state index in [0.29, 0.717) is 0 Å². The van der Waals surface area contributed by atoms with Crippen LogP contribution in [-0.2, 0) is 11.2 Å². The highest BCUT2D eigenvalue weighted by Crippen LogP contribution is 2.34. The molecule has 3 heterocycles. The Morgan fingerprint density at radius 2 is 1.81 bits per heavy atom. The van der Waals surface area contributed by atoms with Crippen LogP contribution in [0.5, 0.6) is 0 Å². The van der Waals surface area contributed by atoms with E-state index in [1.165, 1.54) is 11.1 Å². The van der Waals surface area contributed by atoms with Crippen LogP contribution in [0.25, 0.3) is 22.1 Å². The molecule has 1 aliphatic heterocycles. The Kier molecular flexibility index (Phi) is 4.37. The molecule has 6 heteroatoms. The molecular formula is C25H24N4O2. The van der Waals surface area contributed by atoms with Gasteiger partial charge >= 0.3 is 0 Å². The Balaban J connectivity index is 1.16. The maximum Gasteiger partial charge on any atom is 0.223 e. The Morgan fingerprint density at radius 1 is 1.00 bits per heavy atom. The number of aryl methyl sites for hydroxylation is 1. The van der Waals surface area contributed by atoms with Crippen molar-refractivity contribution in [1.82, 2.24) is 15.3 Å². The van der Waals surface area contributed by atoms with Gasteiger partial charge in [-0.2, -0.15) is 0 Å². The quantitative estimate of drug-likeness (QED) is 0.540. The largest absolute Gasteiger partial charge is 0.450 e. The molecule has 2 aromatic heterocycles. The zero-order chi connectivity index (χ0) is 20.8. The molecule has 1 N–H and O–H groups in total. The molecule has 31 heavy (non-hydrogen) atoms. The average Bonchev–Trinajstić information content (AvgIpc) is 3.40. The lowest BCUT2D eigenvalue weighted by Crippen LogP contribution is -2.41. The van der Waals surface area contributed by atoms with Gasteiger partial charge in [0, 0.05) is 24.4 Å². The molecule has 6 rings (SSSR count). The fourth-order valence-electron chi connectivity index (χ4n) is 5.09. The number of hydrogen-bond donors (Lipinski definition) is 1. The van der Waals surface area contributed by atoms with Crippen molar-refractivity contribution < 1.29 is 9.21 Å². The summed E-state index contributed by atoms with van der Waals surface area (Å²) < 4.78 is 6.09. The SMILES string of the molecule is O=C(N[C@H]1CCc2ccccc21)C1CCN(c2ncnc3c2oc2ccccc23)CC1. The van der Waals surface area contributed by atoms with E-state index >= 15 is 0 Å². The molecule has 1 fully saturated rings. The summed E-state index contributed by atoms with van der Waals surface area (Å²) in [6, 6.07) is 16.5. The van der Waals surface area contributed by atoms with E-state index in [1.807, 2.05) is 24.3 Å². The van der Waals surface area contributed by atoms with Crippen molar-refractivity contribution in [2.75, 3.05) is 18.0 Å². The minimum absolute atomic E-state index is 0.0389. The lowest BCUT2D eigenvalue weighted by Gasteiger charge is -2.32. The summed E-state index contributed by atoms with van der Waals surface area (Å²) in [5, 5.41) is 4.31. The van der Waals surface area contributed by atoms with Crippen LogP contribution in [0.2, 0.25) is 0 Å². The lowest BCUT2D eigenvalue weighted by molar-refractivity contribution is -0.126. The van der Waals surface area contributed by atoms with Gasteiger partial charge in [-0.3, -0.25) is 4.79 Å². The van der Waals surface area contributed by atoms with Gasteiger partial charge in [0.25, 0.3) is 0 Å². The second-order valence-corrected chi connectivity index (χ2v) is 8.53. The highest BCUT2D eigenvalue weighted by atomic mass is 16.3. The van der Waals surface area contributed by atoms with Crippen LogP contribution in [0.1, 0.15) is 36.4 Å². The number of piperidine rings is 1. The molecule has 0 bridgehead atoms. The minimum Gasteiger partial charge on any atom is -0.450 e. The van der Waals surface area contributed by atoms with Crippen molar-refractivity contribution in [1.29, 1.82) is 0 Å². The maximum absolute atomic E-state index is 13.0. The normalized spacial score (nSPS) is 19.1. The first-order valence-electron chi connectivity index (χ1n) is 11.0. The summed E-state index contributed by atoms with van der Waals surface area (Å²) >= 11 is 0. The molecule has 6 nitrogen and oxygen atoms in total. The molecule has 2 aliphatic rings. The van der Waals surface area contributed by atoms with Gasteiger partial charge in [-0.25, -0.2) is 9.97 Å². The second-order valence-electron chi connectivity index (χ2n) is 8.53. The first kappa shape index (κ1) is 18.4. The van der Waals surface area contributed by atoms with Gasteiger partial charge in [0.15, 0.2) is 11.4 Å². The van der Waals surface area contributed by atoms with Crippen LogP contribution >= 0.6 is 0 Å². The first-order valence-corrected chi connectivity index (χ1v) is 11.0. The van der Waals surface area contributed by atoms with Crippen LogP contribution in [-0.4, -0.2) is 29.0 Å². The number of anilines is 1. The highest BCUT2D eigenvalue weighted by Gasteiger charge is 2.30. The third-order valence-electron chi connectivity index (χ3n) is 6.75. The van der Waals surface area contributed by atoms with Crippen molar-refractivity contribution in [3.63, 3.8) is 0 Å². The summed E-state index contributed by atoms with van der Waals surface area (Å²) in [5.74, 6) is 1.04. The predicted molar refractivity (Wildman–Crippen MR) is 120 cm³/mol. The standard InChI is InChI=1S/C25H24N4O2/c30-25(28-20-10-9-16-5-1-2-6-18(16)20)17-11-13-29(14-12-17)24-23-22(26-15-27-24)19-7-3-4-8-21(19)31-23/h1-8,15,17,20H,9-14H2,(H,28,30)/t20-/m0/s1. The Labute approximate surface area is 180 Å². The maximum atomic E-state index is 13.0. The van der Waals surface area contributed by atoms with Gasteiger partial charge in [0.05, 0.1) is 6.04 Å². The number of fused-ring (bicyclic) bond motifs is 4. The molecule has 1 atom stereocenters. The topological polar surface area (TPSA) is 71.3 Å². The molecular weight excluding hydrogens is 388 g/mol.